The molecule has 0 saturated carbocycles. The Kier molecular flexibility index (Phi) is 25.0. The molecule has 0 rings (SSSR count). The zero-order chi connectivity index (χ0) is 18.7. The normalized spacial score (nSPS) is 10.6. The van der Waals surface area contributed by atoms with Crippen molar-refractivity contribution in [2.45, 2.75) is 104 Å². The second-order valence-electron chi connectivity index (χ2n) is 8.13. The van der Waals surface area contributed by atoms with Gasteiger partial charge >= 0.3 is 0 Å². The van der Waals surface area contributed by atoms with Crippen LogP contribution in [0.5, 0.6) is 0 Å². The van der Waals surface area contributed by atoms with Crippen molar-refractivity contribution < 1.29 is 14.4 Å². The fraction of sp³-hybridized carbons (Fsp3) is 0.952. The second-order valence-corrected chi connectivity index (χ2v) is 8.13. The van der Waals surface area contributed by atoms with E-state index >= 15 is 0 Å². The molecule has 0 bridgehead atoms. The summed E-state index contributed by atoms with van der Waals surface area (Å²) in [6.45, 7) is 4.71. The van der Waals surface area contributed by atoms with Crippen molar-refractivity contribution in [2.75, 3.05) is 27.7 Å². The highest BCUT2D eigenvalue weighted by Gasteiger charge is 2.04. The molecule has 4 N–H and O–H groups in total. The summed E-state index contributed by atoms with van der Waals surface area (Å²) in [4.78, 5) is 9.00. The molecule has 0 spiro atoms. The Labute approximate surface area is 158 Å². The van der Waals surface area contributed by atoms with E-state index in [0.717, 1.165) is 11.4 Å². The van der Waals surface area contributed by atoms with Crippen molar-refractivity contribution in [3.63, 3.8) is 0 Å². The fourth-order valence-electron chi connectivity index (χ4n) is 2.78. The molecular weight excluding hydrogens is 312 g/mol. The van der Waals surface area contributed by atoms with Gasteiger partial charge in [0.25, 0.3) is 5.97 Å². The van der Waals surface area contributed by atoms with E-state index in [1.54, 1.807) is 0 Å². The van der Waals surface area contributed by atoms with Crippen molar-refractivity contribution in [3.05, 3.63) is 0 Å². The molecule has 4 nitrogen and oxygen atoms in total. The molecule has 0 saturated heterocycles. The van der Waals surface area contributed by atoms with E-state index in [9.17, 15) is 0 Å². The molecule has 0 aliphatic heterocycles. The SMILES string of the molecule is CC(=O)O.CCCCCCCCCCCCCCCC[N+](C)(C)C.N. The molecule has 154 valence electrons. The Bertz CT molecular complexity index is 259. The van der Waals surface area contributed by atoms with Crippen LogP contribution in [0.2, 0.25) is 0 Å². The molecule has 0 fully saturated rings. The maximum absolute atomic E-state index is 9.00. The van der Waals surface area contributed by atoms with Crippen LogP contribution < -0.4 is 6.15 Å². The number of hydrogen-bond donors (Lipinski definition) is 2. The van der Waals surface area contributed by atoms with Crippen LogP contribution >= 0.6 is 0 Å². The topological polar surface area (TPSA) is 72.3 Å². The number of nitrogens with zero attached hydrogens (tertiary/aromatic N) is 1. The molecule has 0 radical (unpaired) electrons. The van der Waals surface area contributed by atoms with E-state index in [2.05, 4.69) is 28.1 Å². The van der Waals surface area contributed by atoms with E-state index < -0.39 is 5.97 Å². The van der Waals surface area contributed by atoms with Gasteiger partial charge < -0.3 is 15.7 Å². The monoisotopic (exact) mass is 361 g/mol. The number of carbonyl (C=O) groups is 1. The van der Waals surface area contributed by atoms with Crippen LogP contribution in [0.3, 0.4) is 0 Å². The summed E-state index contributed by atoms with van der Waals surface area (Å²) in [5, 5.41) is 7.42. The van der Waals surface area contributed by atoms with Gasteiger partial charge in [0.15, 0.2) is 0 Å². The minimum atomic E-state index is -0.833. The van der Waals surface area contributed by atoms with Gasteiger partial charge in [0, 0.05) is 6.92 Å². The summed E-state index contributed by atoms with van der Waals surface area (Å²) < 4.78 is 1.12. The van der Waals surface area contributed by atoms with Crippen LogP contribution in [0.15, 0.2) is 0 Å². The van der Waals surface area contributed by atoms with Gasteiger partial charge in [-0.15, -0.1) is 0 Å². The van der Waals surface area contributed by atoms with Crippen molar-refractivity contribution in [2.24, 2.45) is 0 Å². The lowest BCUT2D eigenvalue weighted by atomic mass is 10.0. The van der Waals surface area contributed by atoms with Crippen LogP contribution in [-0.2, 0) is 4.79 Å². The third-order valence-electron chi connectivity index (χ3n) is 4.18. The van der Waals surface area contributed by atoms with Crippen LogP contribution in [0.1, 0.15) is 104 Å². The van der Waals surface area contributed by atoms with Gasteiger partial charge in [0.1, 0.15) is 0 Å². The van der Waals surface area contributed by atoms with E-state index in [4.69, 9.17) is 9.90 Å². The van der Waals surface area contributed by atoms with Crippen LogP contribution in [0, 0.1) is 0 Å². The highest BCUT2D eigenvalue weighted by Crippen LogP contribution is 2.13. The van der Waals surface area contributed by atoms with Crippen LogP contribution in [-0.4, -0.2) is 43.2 Å². The van der Waals surface area contributed by atoms with Gasteiger partial charge in [-0.3, -0.25) is 4.79 Å². The molecule has 0 aliphatic rings. The average molecular weight is 362 g/mol. The quantitative estimate of drug-likeness (QED) is 0.261. The van der Waals surface area contributed by atoms with E-state index in [1.165, 1.54) is 96.4 Å². The highest BCUT2D eigenvalue weighted by molar-refractivity contribution is 5.62. The first-order valence-electron chi connectivity index (χ1n) is 10.3. The van der Waals surface area contributed by atoms with Crippen LogP contribution in [0.25, 0.3) is 0 Å². The number of unbranched alkanes of at least 4 members (excludes halogenated alkanes) is 13. The third-order valence-corrected chi connectivity index (χ3v) is 4.18. The van der Waals surface area contributed by atoms with Gasteiger partial charge in [-0.1, -0.05) is 84.0 Å². The fourth-order valence-corrected chi connectivity index (χ4v) is 2.78. The number of quaternary nitrogens is 1. The summed E-state index contributed by atoms with van der Waals surface area (Å²) >= 11 is 0. The average Bonchev–Trinajstić information content (AvgIpc) is 2.46. The molecule has 0 atom stereocenters. The molecule has 4 heteroatoms. The maximum Gasteiger partial charge on any atom is 0.300 e. The Morgan fingerprint density at radius 1 is 0.680 bits per heavy atom. The predicted octanol–water partition coefficient (Wildman–Crippen LogP) is 6.43. The maximum atomic E-state index is 9.00. The zero-order valence-electron chi connectivity index (χ0n) is 18.1. The molecule has 0 unspecified atom stereocenters. The molecule has 0 aromatic carbocycles. The Hall–Kier alpha value is -0.610. The zero-order valence-corrected chi connectivity index (χ0v) is 18.1. The van der Waals surface area contributed by atoms with E-state index in [-0.39, 0.29) is 6.15 Å². The predicted molar refractivity (Wildman–Crippen MR) is 112 cm³/mol. The third kappa shape index (κ3) is 39.8. The first-order chi connectivity index (χ1) is 11.3. The van der Waals surface area contributed by atoms with Crippen molar-refractivity contribution >= 4 is 5.97 Å². The van der Waals surface area contributed by atoms with E-state index in [1.807, 2.05) is 0 Å². The Morgan fingerprint density at radius 2 is 0.920 bits per heavy atom. The minimum Gasteiger partial charge on any atom is -0.481 e. The number of aliphatic carboxylic acids is 1. The van der Waals surface area contributed by atoms with Gasteiger partial charge in [0.05, 0.1) is 27.7 Å². The van der Waals surface area contributed by atoms with Gasteiger partial charge in [-0.05, 0) is 12.8 Å². The smallest absolute Gasteiger partial charge is 0.300 e. The summed E-state index contributed by atoms with van der Waals surface area (Å²) in [6, 6.07) is 0. The first kappa shape index (κ1) is 29.2. The summed E-state index contributed by atoms with van der Waals surface area (Å²) in [7, 11) is 6.88. The number of carboxylic acid groups (broad SMARTS) is 1. The van der Waals surface area contributed by atoms with Crippen LogP contribution in [0.4, 0.5) is 0 Å². The summed E-state index contributed by atoms with van der Waals surface area (Å²) in [6.07, 6.45) is 20.4. The highest BCUT2D eigenvalue weighted by atomic mass is 16.4. The molecule has 0 aromatic rings. The summed E-state index contributed by atoms with van der Waals surface area (Å²) in [5.74, 6) is -0.833. The largest absolute Gasteiger partial charge is 0.481 e. The molecule has 0 heterocycles. The van der Waals surface area contributed by atoms with Crippen molar-refractivity contribution in [1.29, 1.82) is 0 Å². The lowest BCUT2D eigenvalue weighted by Crippen LogP contribution is -2.35. The lowest BCUT2D eigenvalue weighted by Gasteiger charge is -2.23. The molecule has 0 aliphatic carbocycles. The van der Waals surface area contributed by atoms with Gasteiger partial charge in [-0.25, -0.2) is 0 Å². The minimum absolute atomic E-state index is 0. The standard InChI is InChI=1S/C19H42N.C2H4O2.H3N/c1-5-6-7-8-9-10-11-12-13-14-15-16-17-18-19-20(2,3)4;1-2(3)4;/h5-19H2,1-4H3;1H3,(H,3,4);1H3/q+1;;. The molecular formula is C21H49N2O2+. The molecule has 25 heavy (non-hydrogen) atoms. The van der Waals surface area contributed by atoms with Crippen molar-refractivity contribution in [1.82, 2.24) is 6.15 Å². The first-order valence-corrected chi connectivity index (χ1v) is 10.3. The second kappa shape index (κ2) is 21.4. The number of rotatable bonds is 15. The lowest BCUT2D eigenvalue weighted by molar-refractivity contribution is -0.870. The summed E-state index contributed by atoms with van der Waals surface area (Å²) in [5.41, 5.74) is 0. The Balaban J connectivity index is -0.000000867. The van der Waals surface area contributed by atoms with Gasteiger partial charge in [0.2, 0.25) is 0 Å². The Morgan fingerprint density at radius 3 is 1.16 bits per heavy atom. The van der Waals surface area contributed by atoms with E-state index in [0.29, 0.717) is 0 Å². The van der Waals surface area contributed by atoms with Gasteiger partial charge in [-0.2, -0.15) is 0 Å². The number of hydrogen-bond acceptors (Lipinski definition) is 2. The number of carboxylic acids is 1. The molecule has 0 amide bonds. The molecule has 0 aromatic heterocycles. The van der Waals surface area contributed by atoms with Crippen molar-refractivity contribution in [3.8, 4) is 0 Å².